The number of piperidine rings is 2. The molecule has 2 amide bonds. The van der Waals surface area contributed by atoms with Crippen LogP contribution in [0.3, 0.4) is 0 Å². The number of carbonyl (C=O) groups excluding carboxylic acids is 2. The van der Waals surface area contributed by atoms with Gasteiger partial charge in [-0.15, -0.1) is 0 Å². The Hall–Kier alpha value is -5.59. The molecule has 0 unspecified atom stereocenters. The van der Waals surface area contributed by atoms with Crippen LogP contribution in [0.2, 0.25) is 0 Å². The topological polar surface area (TPSA) is 114 Å². The molecule has 10 nitrogen and oxygen atoms in total. The van der Waals surface area contributed by atoms with Crippen LogP contribution >= 0.6 is 11.8 Å². The predicted molar refractivity (Wildman–Crippen MR) is 209 cm³/mol. The molecule has 2 aliphatic rings. The Kier molecular flexibility index (Phi) is 10.1. The van der Waals surface area contributed by atoms with Crippen LogP contribution < -0.4 is 5.56 Å². The van der Waals surface area contributed by atoms with Crippen LogP contribution in [-0.2, 0) is 11.3 Å². The molecule has 2 saturated heterocycles. The van der Waals surface area contributed by atoms with Gasteiger partial charge in [-0.2, -0.15) is 0 Å². The summed E-state index contributed by atoms with van der Waals surface area (Å²) in [5.74, 6) is -1.70. The maximum absolute atomic E-state index is 15.5. The van der Waals surface area contributed by atoms with Gasteiger partial charge in [-0.25, -0.2) is 9.37 Å². The number of halogens is 1. The highest BCUT2D eigenvalue weighted by Gasteiger charge is 2.42. The van der Waals surface area contributed by atoms with E-state index in [-0.39, 0.29) is 36.0 Å². The minimum atomic E-state index is -1.19. The van der Waals surface area contributed by atoms with Gasteiger partial charge in [0.2, 0.25) is 5.91 Å². The summed E-state index contributed by atoms with van der Waals surface area (Å²) in [5.41, 5.74) is 1.86. The summed E-state index contributed by atoms with van der Waals surface area (Å²) in [6.45, 7) is 3.22. The summed E-state index contributed by atoms with van der Waals surface area (Å²) in [4.78, 5) is 55.4. The number of aryl methyl sites for hydroxylation is 1. The molecule has 5 heterocycles. The van der Waals surface area contributed by atoms with Crippen molar-refractivity contribution in [1.82, 2.24) is 28.9 Å². The molecule has 8 rings (SSSR count). The fourth-order valence-corrected chi connectivity index (χ4v) is 8.65. The van der Waals surface area contributed by atoms with E-state index in [4.69, 9.17) is 0 Å². The molecule has 0 bridgehead atoms. The molecule has 2 fully saturated rings. The number of benzene rings is 3. The first kappa shape index (κ1) is 36.4. The monoisotopic (exact) mass is 756 g/mol. The zero-order valence-electron chi connectivity index (χ0n) is 30.4. The van der Waals surface area contributed by atoms with Crippen molar-refractivity contribution in [3.63, 3.8) is 0 Å². The number of aliphatic hydroxyl groups is 1. The van der Waals surface area contributed by atoms with Crippen LogP contribution in [0.5, 0.6) is 0 Å². The van der Waals surface area contributed by atoms with E-state index >= 15 is 4.39 Å². The van der Waals surface area contributed by atoms with E-state index in [0.29, 0.717) is 54.8 Å². The van der Waals surface area contributed by atoms with E-state index in [2.05, 4.69) is 9.97 Å². The van der Waals surface area contributed by atoms with E-state index in [1.165, 1.54) is 34.8 Å². The van der Waals surface area contributed by atoms with Crippen molar-refractivity contribution in [2.75, 3.05) is 26.2 Å². The van der Waals surface area contributed by atoms with Crippen LogP contribution in [0.1, 0.15) is 46.8 Å². The van der Waals surface area contributed by atoms with Gasteiger partial charge in [0.1, 0.15) is 12.1 Å². The Morgan fingerprint density at radius 2 is 1.62 bits per heavy atom. The largest absolute Gasteiger partial charge is 0.388 e. The van der Waals surface area contributed by atoms with Gasteiger partial charge in [0.15, 0.2) is 5.65 Å². The van der Waals surface area contributed by atoms with Crippen molar-refractivity contribution in [2.45, 2.75) is 54.0 Å². The second-order valence-corrected chi connectivity index (χ2v) is 15.7. The normalized spacial score (nSPS) is 18.4. The third-order valence-electron chi connectivity index (χ3n) is 10.9. The molecule has 0 aliphatic carbocycles. The summed E-state index contributed by atoms with van der Waals surface area (Å²) >= 11 is 1.38. The Morgan fingerprint density at radius 1 is 0.891 bits per heavy atom. The number of hydrogen-bond acceptors (Lipinski definition) is 7. The molecule has 2 aliphatic heterocycles. The predicted octanol–water partition coefficient (Wildman–Crippen LogP) is 6.48. The van der Waals surface area contributed by atoms with Gasteiger partial charge < -0.3 is 19.5 Å². The number of pyridine rings is 1. The summed E-state index contributed by atoms with van der Waals surface area (Å²) in [7, 11) is 0. The third kappa shape index (κ3) is 7.56. The van der Waals surface area contributed by atoms with Crippen molar-refractivity contribution in [3.8, 4) is 5.69 Å². The third-order valence-corrected chi connectivity index (χ3v) is 11.9. The SMILES string of the molecule is Cc1ccc(Sc2ccc(C(=O)N3CC[C@@H](C(=O)N4CCC(O)(Cn5cnc6c(ccn6-c6ccccc6)c5=O)CC4)[C@H](c4ccccc4)C3)c(F)c2)cn1. The van der Waals surface area contributed by atoms with Gasteiger partial charge in [0.25, 0.3) is 11.5 Å². The van der Waals surface area contributed by atoms with Crippen molar-refractivity contribution >= 4 is 34.6 Å². The highest BCUT2D eigenvalue weighted by atomic mass is 32.2. The molecule has 6 aromatic rings. The van der Waals surface area contributed by atoms with Crippen LogP contribution in [0.4, 0.5) is 4.39 Å². The Balaban J connectivity index is 0.936. The summed E-state index contributed by atoms with van der Waals surface area (Å²) in [5, 5.41) is 12.1. The van der Waals surface area contributed by atoms with Gasteiger partial charge in [0, 0.05) is 71.6 Å². The van der Waals surface area contributed by atoms with Gasteiger partial charge >= 0.3 is 0 Å². The Labute approximate surface area is 322 Å². The summed E-state index contributed by atoms with van der Waals surface area (Å²) < 4.78 is 18.8. The maximum atomic E-state index is 15.5. The molecular formula is C43H41FN6O4S. The van der Waals surface area contributed by atoms with Gasteiger partial charge in [0.05, 0.1) is 23.1 Å². The molecule has 0 radical (unpaired) electrons. The first-order valence-corrected chi connectivity index (χ1v) is 19.3. The highest BCUT2D eigenvalue weighted by molar-refractivity contribution is 7.99. The molecule has 280 valence electrons. The van der Waals surface area contributed by atoms with E-state index in [9.17, 15) is 19.5 Å². The molecule has 2 atom stereocenters. The lowest BCUT2D eigenvalue weighted by Crippen LogP contribution is -2.53. The number of rotatable bonds is 8. The average Bonchev–Trinajstić information content (AvgIpc) is 3.65. The first-order valence-electron chi connectivity index (χ1n) is 18.5. The minimum absolute atomic E-state index is 0.000468. The number of likely N-dealkylation sites (tertiary alicyclic amines) is 2. The lowest BCUT2D eigenvalue weighted by Gasteiger charge is -2.43. The molecule has 0 saturated carbocycles. The number of carbonyl (C=O) groups is 2. The fraction of sp³-hybridized carbons (Fsp3) is 0.279. The first-order chi connectivity index (χ1) is 26.7. The van der Waals surface area contributed by atoms with Crippen molar-refractivity contribution < 1.29 is 19.1 Å². The van der Waals surface area contributed by atoms with Gasteiger partial charge in [-0.05, 0) is 80.3 Å². The number of aromatic nitrogens is 4. The standard InChI is InChI=1S/C43H41FN6O4S/c1-29-12-13-33(25-45-29)55-32-14-15-35(38(44)24-32)41(52)48-20-16-34(37(26-48)30-8-4-2-5-9-30)40(51)47-22-18-43(54,19-23-47)27-49-28-46-39-36(42(49)53)17-21-50(39)31-10-6-3-7-11-31/h2-15,17,21,24-25,28,34,37,54H,16,18-20,22-23,26-27H2,1H3/t34-,37+/m1/s1. The number of nitrogens with zero attached hydrogens (tertiary/aromatic N) is 6. The van der Waals surface area contributed by atoms with E-state index in [1.54, 1.807) is 28.1 Å². The maximum Gasteiger partial charge on any atom is 0.262 e. The van der Waals surface area contributed by atoms with E-state index < -0.39 is 23.2 Å². The minimum Gasteiger partial charge on any atom is -0.388 e. The lowest BCUT2D eigenvalue weighted by molar-refractivity contribution is -0.142. The van der Waals surface area contributed by atoms with Crippen LogP contribution in [0, 0.1) is 18.7 Å². The van der Waals surface area contributed by atoms with Gasteiger partial charge in [-0.1, -0.05) is 60.3 Å². The van der Waals surface area contributed by atoms with Crippen LogP contribution in [-0.4, -0.2) is 77.6 Å². The molecule has 12 heteroatoms. The fourth-order valence-electron chi connectivity index (χ4n) is 7.84. The summed E-state index contributed by atoms with van der Waals surface area (Å²) in [6, 6.07) is 29.6. The Morgan fingerprint density at radius 3 is 2.33 bits per heavy atom. The average molecular weight is 757 g/mol. The molecule has 3 aromatic heterocycles. The quantitative estimate of drug-likeness (QED) is 0.189. The van der Waals surface area contributed by atoms with Crippen LogP contribution in [0.25, 0.3) is 16.7 Å². The van der Waals surface area contributed by atoms with E-state index in [0.717, 1.165) is 21.8 Å². The molecule has 1 N–H and O–H groups in total. The second-order valence-electron chi connectivity index (χ2n) is 14.5. The molecular weight excluding hydrogens is 716 g/mol. The summed E-state index contributed by atoms with van der Waals surface area (Å²) in [6.07, 6.45) is 6.07. The number of hydrogen-bond donors (Lipinski definition) is 1. The number of para-hydroxylation sites is 1. The van der Waals surface area contributed by atoms with Gasteiger partial charge in [-0.3, -0.25) is 23.9 Å². The van der Waals surface area contributed by atoms with E-state index in [1.807, 2.05) is 90.5 Å². The Bertz CT molecular complexity index is 2390. The zero-order valence-corrected chi connectivity index (χ0v) is 31.2. The molecule has 3 aromatic carbocycles. The van der Waals surface area contributed by atoms with Crippen molar-refractivity contribution in [2.24, 2.45) is 5.92 Å². The smallest absolute Gasteiger partial charge is 0.262 e. The van der Waals surface area contributed by atoms with Crippen molar-refractivity contribution in [3.05, 3.63) is 149 Å². The molecule has 55 heavy (non-hydrogen) atoms. The lowest BCUT2D eigenvalue weighted by atomic mass is 9.79. The second kappa shape index (κ2) is 15.3. The number of amides is 2. The zero-order chi connectivity index (χ0) is 38.1. The molecule has 0 spiro atoms. The van der Waals surface area contributed by atoms with Crippen molar-refractivity contribution in [1.29, 1.82) is 0 Å². The van der Waals surface area contributed by atoms with Crippen LogP contribution in [0.15, 0.2) is 130 Å². The number of fused-ring (bicyclic) bond motifs is 1. The highest BCUT2D eigenvalue weighted by Crippen LogP contribution is 2.37.